The van der Waals surface area contributed by atoms with Crippen molar-refractivity contribution in [3.63, 3.8) is 0 Å². The summed E-state index contributed by atoms with van der Waals surface area (Å²) in [6.07, 6.45) is 2.16. The zero-order chi connectivity index (χ0) is 29.5. The number of nitrogens with zero attached hydrogens (tertiary/aromatic N) is 4. The molecule has 4 heterocycles. The van der Waals surface area contributed by atoms with E-state index < -0.39 is 0 Å². The van der Waals surface area contributed by atoms with E-state index in [1.807, 2.05) is 17.4 Å². The van der Waals surface area contributed by atoms with Crippen LogP contribution in [0.2, 0.25) is 0 Å². The van der Waals surface area contributed by atoms with Crippen LogP contribution in [0.1, 0.15) is 0 Å². The van der Waals surface area contributed by atoms with E-state index in [0.717, 1.165) is 44.4 Å². The van der Waals surface area contributed by atoms with E-state index in [4.69, 9.17) is 9.97 Å². The molecule has 0 aliphatic carbocycles. The Balaban J connectivity index is 1.40. The smallest absolute Gasteiger partial charge is 0.235 e. The molecule has 4 nitrogen and oxygen atoms in total. The van der Waals surface area contributed by atoms with Gasteiger partial charge in [-0.1, -0.05) is 91.0 Å². The van der Waals surface area contributed by atoms with Gasteiger partial charge in [-0.05, 0) is 48.5 Å². The van der Waals surface area contributed by atoms with Crippen LogP contribution in [0, 0.1) is 0 Å². The highest BCUT2D eigenvalue weighted by atomic mass is 32.1. The van der Waals surface area contributed by atoms with E-state index in [1.54, 1.807) is 0 Å². The van der Waals surface area contributed by atoms with Gasteiger partial charge in [0.15, 0.2) is 0 Å². The number of benzene rings is 6. The number of hydrogen-bond donors (Lipinski definition) is 0. The minimum atomic E-state index is 0.674. The minimum absolute atomic E-state index is 0.674. The second kappa shape index (κ2) is 9.36. The quantitative estimate of drug-likeness (QED) is 0.205. The molecule has 0 atom stereocenters. The Morgan fingerprint density at radius 3 is 2.16 bits per heavy atom. The second-order valence-corrected chi connectivity index (χ2v) is 12.6. The minimum Gasteiger partial charge on any atom is -0.316 e. The summed E-state index contributed by atoms with van der Waals surface area (Å²) in [5.74, 6) is 0.674. The predicted octanol–water partition coefficient (Wildman–Crippen LogP) is 10.7. The fourth-order valence-electron chi connectivity index (χ4n) is 6.94. The molecular formula is C40H24N4S. The average Bonchev–Trinajstić information content (AvgIpc) is 3.79. The summed E-state index contributed by atoms with van der Waals surface area (Å²) in [5.41, 5.74) is 7.44. The van der Waals surface area contributed by atoms with Crippen molar-refractivity contribution in [1.82, 2.24) is 19.1 Å². The topological polar surface area (TPSA) is 35.6 Å². The lowest BCUT2D eigenvalue weighted by Gasteiger charge is -2.12. The monoisotopic (exact) mass is 592 g/mol. The number of hydrogen-bond acceptors (Lipinski definition) is 3. The molecule has 10 aromatic rings. The lowest BCUT2D eigenvalue weighted by Crippen LogP contribution is -2.04. The van der Waals surface area contributed by atoms with Gasteiger partial charge in [-0.2, -0.15) is 0 Å². The molecule has 0 aliphatic heterocycles. The molecule has 0 saturated carbocycles. The molecule has 0 unspecified atom stereocenters. The first kappa shape index (κ1) is 24.6. The van der Waals surface area contributed by atoms with Crippen molar-refractivity contribution in [2.24, 2.45) is 0 Å². The fraction of sp³-hybridized carbons (Fsp3) is 0. The van der Waals surface area contributed by atoms with Crippen molar-refractivity contribution >= 4 is 75.1 Å². The van der Waals surface area contributed by atoms with Gasteiger partial charge in [0.1, 0.15) is 0 Å². The third-order valence-corrected chi connectivity index (χ3v) is 10.1. The van der Waals surface area contributed by atoms with Gasteiger partial charge >= 0.3 is 0 Å². The molecule has 4 aromatic heterocycles. The summed E-state index contributed by atoms with van der Waals surface area (Å²) in [7, 11) is 0. The van der Waals surface area contributed by atoms with Crippen molar-refractivity contribution in [2.45, 2.75) is 0 Å². The number of aromatic nitrogens is 4. The molecule has 0 saturated heterocycles. The van der Waals surface area contributed by atoms with Crippen LogP contribution in [0.4, 0.5) is 0 Å². The maximum atomic E-state index is 5.38. The molecule has 0 aliphatic rings. The lowest BCUT2D eigenvalue weighted by atomic mass is 10.1. The molecule has 0 fully saturated rings. The zero-order valence-corrected chi connectivity index (χ0v) is 24.9. The number of thiophene rings is 1. The van der Waals surface area contributed by atoms with Crippen LogP contribution >= 0.6 is 11.3 Å². The first-order chi connectivity index (χ1) is 22.3. The molecule has 210 valence electrons. The number of rotatable bonds is 3. The van der Waals surface area contributed by atoms with Gasteiger partial charge < -0.3 is 4.57 Å². The van der Waals surface area contributed by atoms with E-state index in [-0.39, 0.29) is 0 Å². The zero-order valence-electron chi connectivity index (χ0n) is 24.1. The third kappa shape index (κ3) is 3.59. The van der Waals surface area contributed by atoms with Crippen LogP contribution in [-0.2, 0) is 0 Å². The highest BCUT2D eigenvalue weighted by molar-refractivity contribution is 7.26. The van der Waals surface area contributed by atoms with Gasteiger partial charge in [-0.25, -0.2) is 9.97 Å². The molecule has 0 N–H and O–H groups in total. The summed E-state index contributed by atoms with van der Waals surface area (Å²) in [6.45, 7) is 0. The van der Waals surface area contributed by atoms with Crippen molar-refractivity contribution < 1.29 is 0 Å². The maximum absolute atomic E-state index is 5.38. The van der Waals surface area contributed by atoms with Crippen LogP contribution in [0.5, 0.6) is 0 Å². The summed E-state index contributed by atoms with van der Waals surface area (Å²) in [4.78, 5) is 10.7. The Kier molecular flexibility index (Phi) is 5.12. The highest BCUT2D eigenvalue weighted by Crippen LogP contribution is 2.44. The van der Waals surface area contributed by atoms with E-state index in [2.05, 4.69) is 149 Å². The molecule has 0 amide bonds. The Labute approximate surface area is 262 Å². The predicted molar refractivity (Wildman–Crippen MR) is 189 cm³/mol. The molecule has 0 spiro atoms. The van der Waals surface area contributed by atoms with Gasteiger partial charge in [0.2, 0.25) is 5.95 Å². The average molecular weight is 593 g/mol. The van der Waals surface area contributed by atoms with E-state index >= 15 is 0 Å². The van der Waals surface area contributed by atoms with Crippen molar-refractivity contribution in [2.75, 3.05) is 0 Å². The normalized spacial score (nSPS) is 12.0. The van der Waals surface area contributed by atoms with E-state index in [9.17, 15) is 0 Å². The van der Waals surface area contributed by atoms with Gasteiger partial charge in [-0.15, -0.1) is 11.3 Å². The highest BCUT2D eigenvalue weighted by Gasteiger charge is 2.22. The van der Waals surface area contributed by atoms with Crippen LogP contribution < -0.4 is 0 Å². The number of para-hydroxylation sites is 2. The van der Waals surface area contributed by atoms with Gasteiger partial charge in [0.05, 0.1) is 27.8 Å². The summed E-state index contributed by atoms with van der Waals surface area (Å²) >= 11 is 1.84. The Morgan fingerprint density at radius 2 is 1.29 bits per heavy atom. The van der Waals surface area contributed by atoms with Crippen LogP contribution in [0.25, 0.3) is 86.7 Å². The molecular weight excluding hydrogens is 569 g/mol. The van der Waals surface area contributed by atoms with Crippen molar-refractivity contribution in [3.05, 3.63) is 146 Å². The largest absolute Gasteiger partial charge is 0.316 e. The molecule has 0 radical (unpaired) electrons. The Morgan fingerprint density at radius 1 is 0.533 bits per heavy atom. The molecule has 0 bridgehead atoms. The van der Waals surface area contributed by atoms with Crippen LogP contribution in [0.15, 0.2) is 146 Å². The summed E-state index contributed by atoms with van der Waals surface area (Å²) < 4.78 is 7.12. The lowest BCUT2D eigenvalue weighted by molar-refractivity contribution is 1.02. The SMILES string of the molecule is c1ccc(-c2nc(-n3c4cc5c(ccn5-c5ccccc5)cc4c4ccc5sc6ccccc6c5c43)nc3ccccc23)cc1. The summed E-state index contributed by atoms with van der Waals surface area (Å²) in [6, 6.07) is 49.5. The van der Waals surface area contributed by atoms with Gasteiger partial charge in [0.25, 0.3) is 0 Å². The Bertz CT molecular complexity index is 2750. The first-order valence-electron chi connectivity index (χ1n) is 15.1. The number of fused-ring (bicyclic) bond motifs is 9. The van der Waals surface area contributed by atoms with E-state index in [1.165, 1.54) is 36.3 Å². The molecule has 6 aromatic carbocycles. The fourth-order valence-corrected chi connectivity index (χ4v) is 8.05. The van der Waals surface area contributed by atoms with Crippen molar-refractivity contribution in [3.8, 4) is 22.9 Å². The van der Waals surface area contributed by atoms with Crippen LogP contribution in [-0.4, -0.2) is 19.1 Å². The van der Waals surface area contributed by atoms with Gasteiger partial charge in [-0.3, -0.25) is 4.57 Å². The van der Waals surface area contributed by atoms with E-state index in [0.29, 0.717) is 5.95 Å². The standard InChI is InChI=1S/C40H24N4S/c1-3-11-25(12-4-1)38-29-15-7-9-17-32(29)41-40(42-38)44-34-24-33-26(21-22-43(33)27-13-5-2-6-14-27)23-31(34)28-19-20-36-37(39(28)44)30-16-8-10-18-35(30)45-36/h1-24H. The van der Waals surface area contributed by atoms with Crippen LogP contribution in [0.3, 0.4) is 0 Å². The molecule has 5 heteroatoms. The van der Waals surface area contributed by atoms with Crippen molar-refractivity contribution in [1.29, 1.82) is 0 Å². The first-order valence-corrected chi connectivity index (χ1v) is 15.9. The maximum Gasteiger partial charge on any atom is 0.235 e. The second-order valence-electron chi connectivity index (χ2n) is 11.5. The Hall–Kier alpha value is -5.78. The molecule has 10 rings (SSSR count). The summed E-state index contributed by atoms with van der Waals surface area (Å²) in [5, 5.41) is 7.14. The van der Waals surface area contributed by atoms with Gasteiger partial charge in [0, 0.05) is 59.2 Å². The third-order valence-electron chi connectivity index (χ3n) is 8.95. The molecule has 45 heavy (non-hydrogen) atoms.